The summed E-state index contributed by atoms with van der Waals surface area (Å²) in [5.74, 6) is 0.722. The van der Waals surface area contributed by atoms with Crippen molar-refractivity contribution in [2.75, 3.05) is 26.2 Å². The maximum absolute atomic E-state index is 3.46. The van der Waals surface area contributed by atoms with Crippen molar-refractivity contribution >= 4 is 0 Å². The van der Waals surface area contributed by atoms with E-state index in [4.69, 9.17) is 0 Å². The van der Waals surface area contributed by atoms with Crippen molar-refractivity contribution < 1.29 is 0 Å². The Bertz CT molecular complexity index is 447. The van der Waals surface area contributed by atoms with Gasteiger partial charge in [0.1, 0.15) is 0 Å². The normalized spacial score (nSPS) is 28.4. The minimum Gasteiger partial charge on any atom is -0.314 e. The summed E-state index contributed by atoms with van der Waals surface area (Å²) in [7, 11) is 0. The molecular formula is C16H24N2. The van der Waals surface area contributed by atoms with Crippen molar-refractivity contribution in [3.63, 3.8) is 0 Å². The van der Waals surface area contributed by atoms with E-state index >= 15 is 0 Å². The summed E-state index contributed by atoms with van der Waals surface area (Å²) in [4.78, 5) is 2.69. The Labute approximate surface area is 110 Å². The van der Waals surface area contributed by atoms with Gasteiger partial charge in [-0.25, -0.2) is 0 Å². The molecule has 0 aromatic heterocycles. The van der Waals surface area contributed by atoms with Gasteiger partial charge in [-0.1, -0.05) is 19.1 Å². The standard InChI is InChI=1S/C16H24N2/c1-11-4-5-12(2)16-14(10-13(3)15(11)16)18-8-6-17-7-9-18/h4-5,13-14,17H,6-10H2,1-3H3. The van der Waals surface area contributed by atoms with Crippen molar-refractivity contribution in [1.29, 1.82) is 0 Å². The van der Waals surface area contributed by atoms with Gasteiger partial charge in [-0.15, -0.1) is 0 Å². The number of rotatable bonds is 1. The number of aryl methyl sites for hydroxylation is 2. The minimum atomic E-state index is 0.664. The van der Waals surface area contributed by atoms with E-state index < -0.39 is 0 Å². The van der Waals surface area contributed by atoms with Gasteiger partial charge in [-0.3, -0.25) is 4.90 Å². The fraction of sp³-hybridized carbons (Fsp3) is 0.625. The largest absolute Gasteiger partial charge is 0.314 e. The molecule has 2 nitrogen and oxygen atoms in total. The highest BCUT2D eigenvalue weighted by molar-refractivity contribution is 5.47. The molecule has 1 aliphatic carbocycles. The zero-order valence-corrected chi connectivity index (χ0v) is 11.8. The highest BCUT2D eigenvalue weighted by Crippen LogP contribution is 2.46. The summed E-state index contributed by atoms with van der Waals surface area (Å²) in [6.07, 6.45) is 1.31. The monoisotopic (exact) mass is 244 g/mol. The van der Waals surface area contributed by atoms with Crippen molar-refractivity contribution in [1.82, 2.24) is 10.2 Å². The summed E-state index contributed by atoms with van der Waals surface area (Å²) >= 11 is 0. The molecule has 3 rings (SSSR count). The summed E-state index contributed by atoms with van der Waals surface area (Å²) < 4.78 is 0. The second-order valence-electron chi connectivity index (χ2n) is 5.97. The average Bonchev–Trinajstić information content (AvgIpc) is 2.74. The molecule has 2 heteroatoms. The Hall–Kier alpha value is -0.860. The average molecular weight is 244 g/mol. The fourth-order valence-corrected chi connectivity index (χ4v) is 3.85. The topological polar surface area (TPSA) is 15.3 Å². The molecular weight excluding hydrogens is 220 g/mol. The van der Waals surface area contributed by atoms with Crippen molar-refractivity contribution in [2.24, 2.45) is 0 Å². The maximum Gasteiger partial charge on any atom is 0.0360 e. The number of hydrogen-bond donors (Lipinski definition) is 1. The van der Waals surface area contributed by atoms with Crippen LogP contribution in [-0.4, -0.2) is 31.1 Å². The molecule has 1 fully saturated rings. The third-order valence-electron chi connectivity index (χ3n) is 4.72. The van der Waals surface area contributed by atoms with E-state index in [-0.39, 0.29) is 0 Å². The van der Waals surface area contributed by atoms with Crippen molar-refractivity contribution in [3.8, 4) is 0 Å². The van der Waals surface area contributed by atoms with Gasteiger partial charge in [-0.2, -0.15) is 0 Å². The van der Waals surface area contributed by atoms with E-state index in [9.17, 15) is 0 Å². The van der Waals surface area contributed by atoms with Crippen LogP contribution < -0.4 is 5.32 Å². The Morgan fingerprint density at radius 3 is 2.33 bits per heavy atom. The van der Waals surface area contributed by atoms with Gasteiger partial charge in [0.05, 0.1) is 0 Å². The van der Waals surface area contributed by atoms with Crippen molar-refractivity contribution in [2.45, 2.75) is 39.2 Å². The second kappa shape index (κ2) is 4.67. The first-order valence-electron chi connectivity index (χ1n) is 7.23. The van der Waals surface area contributed by atoms with Crippen LogP contribution in [0.25, 0.3) is 0 Å². The van der Waals surface area contributed by atoms with Crippen LogP contribution in [-0.2, 0) is 0 Å². The highest BCUT2D eigenvalue weighted by atomic mass is 15.2. The van der Waals surface area contributed by atoms with E-state index in [1.54, 1.807) is 11.1 Å². The molecule has 18 heavy (non-hydrogen) atoms. The van der Waals surface area contributed by atoms with Gasteiger partial charge in [0.2, 0.25) is 0 Å². The lowest BCUT2D eigenvalue weighted by Gasteiger charge is -2.34. The molecule has 1 heterocycles. The summed E-state index contributed by atoms with van der Waals surface area (Å²) in [6, 6.07) is 5.27. The van der Waals surface area contributed by atoms with Gasteiger partial charge < -0.3 is 5.32 Å². The fourth-order valence-electron chi connectivity index (χ4n) is 3.85. The van der Waals surface area contributed by atoms with Crippen LogP contribution in [0.15, 0.2) is 12.1 Å². The third kappa shape index (κ3) is 1.88. The summed E-state index contributed by atoms with van der Waals surface area (Å²) in [5.41, 5.74) is 6.26. The van der Waals surface area contributed by atoms with Crippen LogP contribution in [0, 0.1) is 13.8 Å². The van der Waals surface area contributed by atoms with Gasteiger partial charge in [0.25, 0.3) is 0 Å². The summed E-state index contributed by atoms with van der Waals surface area (Å²) in [6.45, 7) is 11.6. The number of nitrogens with one attached hydrogen (secondary N) is 1. The molecule has 1 aromatic rings. The molecule has 98 valence electrons. The molecule has 0 amide bonds. The number of benzene rings is 1. The van der Waals surface area contributed by atoms with E-state index in [2.05, 4.69) is 43.1 Å². The number of hydrogen-bond acceptors (Lipinski definition) is 2. The zero-order valence-electron chi connectivity index (χ0n) is 11.8. The van der Waals surface area contributed by atoms with Crippen LogP contribution in [0.5, 0.6) is 0 Å². The Morgan fingerprint density at radius 2 is 1.67 bits per heavy atom. The van der Waals surface area contributed by atoms with Crippen LogP contribution in [0.4, 0.5) is 0 Å². The molecule has 2 atom stereocenters. The minimum absolute atomic E-state index is 0.664. The summed E-state index contributed by atoms with van der Waals surface area (Å²) in [5, 5.41) is 3.46. The Morgan fingerprint density at radius 1 is 1.06 bits per heavy atom. The van der Waals surface area contributed by atoms with Gasteiger partial charge in [0.15, 0.2) is 0 Å². The lowest BCUT2D eigenvalue weighted by atomic mass is 9.95. The van der Waals surface area contributed by atoms with E-state index in [1.165, 1.54) is 30.6 Å². The molecule has 2 aliphatic rings. The SMILES string of the molecule is Cc1ccc(C)c2c1C(C)CC2N1CCNCC1. The first-order chi connectivity index (χ1) is 8.68. The van der Waals surface area contributed by atoms with E-state index in [0.717, 1.165) is 19.0 Å². The molecule has 1 aliphatic heterocycles. The maximum atomic E-state index is 3.46. The Balaban J connectivity index is 1.99. The number of fused-ring (bicyclic) bond motifs is 1. The van der Waals surface area contributed by atoms with E-state index in [1.807, 2.05) is 0 Å². The molecule has 1 saturated heterocycles. The van der Waals surface area contributed by atoms with Crippen molar-refractivity contribution in [3.05, 3.63) is 34.4 Å². The van der Waals surface area contributed by atoms with Crippen LogP contribution in [0.3, 0.4) is 0 Å². The van der Waals surface area contributed by atoms with Crippen LogP contribution in [0.2, 0.25) is 0 Å². The molecule has 1 aromatic carbocycles. The molecule has 0 radical (unpaired) electrons. The van der Waals surface area contributed by atoms with Gasteiger partial charge >= 0.3 is 0 Å². The third-order valence-corrected chi connectivity index (χ3v) is 4.72. The lowest BCUT2D eigenvalue weighted by Crippen LogP contribution is -2.44. The molecule has 2 unspecified atom stereocenters. The molecule has 1 N–H and O–H groups in total. The molecule has 0 spiro atoms. The van der Waals surface area contributed by atoms with Crippen LogP contribution in [0.1, 0.15) is 47.6 Å². The highest BCUT2D eigenvalue weighted by Gasteiger charge is 2.34. The molecule has 0 saturated carbocycles. The second-order valence-corrected chi connectivity index (χ2v) is 5.97. The zero-order chi connectivity index (χ0) is 12.7. The first-order valence-corrected chi connectivity index (χ1v) is 7.23. The lowest BCUT2D eigenvalue weighted by molar-refractivity contribution is 0.169. The van der Waals surface area contributed by atoms with E-state index in [0.29, 0.717) is 6.04 Å². The first kappa shape index (κ1) is 12.2. The van der Waals surface area contributed by atoms with Gasteiger partial charge in [0, 0.05) is 32.2 Å². The number of nitrogens with zero attached hydrogens (tertiary/aromatic N) is 1. The van der Waals surface area contributed by atoms with Crippen LogP contribution >= 0.6 is 0 Å². The predicted octanol–water partition coefficient (Wildman–Crippen LogP) is 2.76. The Kier molecular flexibility index (Phi) is 3.16. The smallest absolute Gasteiger partial charge is 0.0360 e. The van der Waals surface area contributed by atoms with Gasteiger partial charge in [-0.05, 0) is 48.4 Å². The predicted molar refractivity (Wildman–Crippen MR) is 76.1 cm³/mol. The number of piperazine rings is 1. The quantitative estimate of drug-likeness (QED) is 0.817. The molecule has 0 bridgehead atoms.